The summed E-state index contributed by atoms with van der Waals surface area (Å²) in [5.74, 6) is 0.662. The summed E-state index contributed by atoms with van der Waals surface area (Å²) in [5, 5.41) is 0. The van der Waals surface area contributed by atoms with Crippen LogP contribution < -0.4 is 14.4 Å². The average molecular weight is 330 g/mol. The van der Waals surface area contributed by atoms with Gasteiger partial charge in [0.2, 0.25) is 0 Å². The predicted octanol–water partition coefficient (Wildman–Crippen LogP) is 1.01. The molecule has 1 saturated heterocycles. The zero-order valence-electron chi connectivity index (χ0n) is 12.9. The molecule has 2 rings (SSSR count). The second kappa shape index (κ2) is 7.77. The molecule has 1 N–H and O–H groups in total. The molecule has 1 heterocycles. The molecule has 1 aliphatic rings. The molecule has 0 atom stereocenters. The maximum absolute atomic E-state index is 12.3. The molecule has 124 valence electrons. The highest BCUT2D eigenvalue weighted by molar-refractivity contribution is 7.89. The van der Waals surface area contributed by atoms with Crippen LogP contribution in [-0.2, 0) is 14.9 Å². The van der Waals surface area contributed by atoms with Gasteiger partial charge in [0.15, 0.2) is 0 Å². The van der Waals surface area contributed by atoms with Gasteiger partial charge in [0.05, 0.1) is 20.8 Å². The fraction of sp³-hybridized carbons (Fsp3) is 0.571. The summed E-state index contributed by atoms with van der Waals surface area (Å²) < 4.78 is 34.7. The molecule has 0 bridgehead atoms. The largest absolute Gasteiger partial charge is 0.497 e. The standard InChI is InChI=1S/C14H22N2O5S/c1-19-12-5-6-13(20-2)14(11-12)22(17,18)15-21-10-9-16-7-3-4-8-16/h5-6,11,15H,3-4,7-10H2,1-2H3. The van der Waals surface area contributed by atoms with Gasteiger partial charge < -0.3 is 14.4 Å². The number of ether oxygens (including phenoxy) is 2. The number of nitrogens with one attached hydrogen (secondary N) is 1. The number of benzene rings is 1. The molecule has 8 heteroatoms. The topological polar surface area (TPSA) is 77.1 Å². The van der Waals surface area contributed by atoms with Crippen molar-refractivity contribution in [3.63, 3.8) is 0 Å². The van der Waals surface area contributed by atoms with Crippen molar-refractivity contribution in [3.05, 3.63) is 18.2 Å². The Kier molecular flexibility index (Phi) is 6.01. The first-order chi connectivity index (χ1) is 10.6. The van der Waals surface area contributed by atoms with E-state index < -0.39 is 10.0 Å². The van der Waals surface area contributed by atoms with E-state index >= 15 is 0 Å². The van der Waals surface area contributed by atoms with Crippen molar-refractivity contribution in [3.8, 4) is 11.5 Å². The van der Waals surface area contributed by atoms with Gasteiger partial charge in [-0.3, -0.25) is 4.84 Å². The van der Waals surface area contributed by atoms with Crippen LogP contribution in [0.3, 0.4) is 0 Å². The van der Waals surface area contributed by atoms with Crippen LogP contribution in [0.1, 0.15) is 12.8 Å². The Bertz CT molecular complexity index is 585. The highest BCUT2D eigenvalue weighted by Crippen LogP contribution is 2.27. The first kappa shape index (κ1) is 17.0. The minimum atomic E-state index is -3.83. The summed E-state index contributed by atoms with van der Waals surface area (Å²) >= 11 is 0. The highest BCUT2D eigenvalue weighted by Gasteiger charge is 2.21. The van der Waals surface area contributed by atoms with Crippen molar-refractivity contribution in [2.75, 3.05) is 40.5 Å². The van der Waals surface area contributed by atoms with E-state index in [4.69, 9.17) is 14.3 Å². The van der Waals surface area contributed by atoms with Gasteiger partial charge in [0.1, 0.15) is 16.4 Å². The first-order valence-electron chi connectivity index (χ1n) is 7.15. The Balaban J connectivity index is 1.96. The molecule has 0 unspecified atom stereocenters. The summed E-state index contributed by atoms with van der Waals surface area (Å²) in [7, 11) is -0.945. The maximum atomic E-state index is 12.3. The lowest BCUT2D eigenvalue weighted by atomic mass is 10.3. The van der Waals surface area contributed by atoms with Crippen molar-refractivity contribution >= 4 is 10.0 Å². The van der Waals surface area contributed by atoms with E-state index in [2.05, 4.69) is 9.79 Å². The van der Waals surface area contributed by atoms with Crippen LogP contribution in [0.15, 0.2) is 23.1 Å². The van der Waals surface area contributed by atoms with E-state index in [0.717, 1.165) is 13.1 Å². The molecule has 22 heavy (non-hydrogen) atoms. The molecule has 1 aromatic carbocycles. The molecule has 7 nitrogen and oxygen atoms in total. The number of hydrogen-bond acceptors (Lipinski definition) is 6. The van der Waals surface area contributed by atoms with E-state index in [1.807, 2.05) is 0 Å². The number of methoxy groups -OCH3 is 2. The lowest BCUT2D eigenvalue weighted by Gasteiger charge is -2.15. The van der Waals surface area contributed by atoms with E-state index in [1.165, 1.54) is 39.2 Å². The van der Waals surface area contributed by atoms with Gasteiger partial charge in [0.25, 0.3) is 10.0 Å². The summed E-state index contributed by atoms with van der Waals surface area (Å²) in [4.78, 5) is 9.47. The number of hydrogen-bond donors (Lipinski definition) is 1. The minimum Gasteiger partial charge on any atom is -0.497 e. The number of likely N-dealkylation sites (tertiary alicyclic amines) is 1. The van der Waals surface area contributed by atoms with Crippen molar-refractivity contribution in [1.29, 1.82) is 0 Å². The van der Waals surface area contributed by atoms with Crippen molar-refractivity contribution in [1.82, 2.24) is 9.79 Å². The van der Waals surface area contributed by atoms with E-state index in [0.29, 0.717) is 18.9 Å². The molecule has 0 aromatic heterocycles. The molecule has 0 saturated carbocycles. The van der Waals surface area contributed by atoms with Crippen molar-refractivity contribution in [2.24, 2.45) is 0 Å². The molecular weight excluding hydrogens is 308 g/mol. The monoisotopic (exact) mass is 330 g/mol. The zero-order valence-corrected chi connectivity index (χ0v) is 13.7. The summed E-state index contributed by atoms with van der Waals surface area (Å²) in [6, 6.07) is 4.56. The lowest BCUT2D eigenvalue weighted by molar-refractivity contribution is 0.0755. The van der Waals surface area contributed by atoms with Crippen LogP contribution >= 0.6 is 0 Å². The average Bonchev–Trinajstić information content (AvgIpc) is 3.04. The van der Waals surface area contributed by atoms with Gasteiger partial charge in [0, 0.05) is 12.6 Å². The normalized spacial score (nSPS) is 15.9. The van der Waals surface area contributed by atoms with Gasteiger partial charge in [-0.25, -0.2) is 8.42 Å². The predicted molar refractivity (Wildman–Crippen MR) is 81.5 cm³/mol. The Morgan fingerprint density at radius 1 is 1.18 bits per heavy atom. The van der Waals surface area contributed by atoms with Gasteiger partial charge in [-0.2, -0.15) is 0 Å². The summed E-state index contributed by atoms with van der Waals surface area (Å²) in [6.07, 6.45) is 2.37. The number of nitrogens with zero attached hydrogens (tertiary/aromatic N) is 1. The minimum absolute atomic E-state index is 0.0180. The lowest BCUT2D eigenvalue weighted by Crippen LogP contribution is -2.30. The molecule has 0 amide bonds. The summed E-state index contributed by atoms with van der Waals surface area (Å²) in [5.41, 5.74) is 0. The van der Waals surface area contributed by atoms with Crippen LogP contribution in [0.25, 0.3) is 0 Å². The summed E-state index contributed by atoms with van der Waals surface area (Å²) in [6.45, 7) is 3.09. The number of rotatable bonds is 8. The fourth-order valence-corrected chi connectivity index (χ4v) is 3.35. The maximum Gasteiger partial charge on any atom is 0.266 e. The van der Waals surface area contributed by atoms with Crippen LogP contribution in [0.5, 0.6) is 11.5 Å². The van der Waals surface area contributed by atoms with Crippen LogP contribution in [-0.4, -0.2) is 53.8 Å². The van der Waals surface area contributed by atoms with Gasteiger partial charge in [-0.15, -0.1) is 0 Å². The Hall–Kier alpha value is -1.35. The Morgan fingerprint density at radius 2 is 1.91 bits per heavy atom. The Labute approximate surface area is 131 Å². The van der Waals surface area contributed by atoms with Crippen molar-refractivity contribution in [2.45, 2.75) is 17.7 Å². The van der Waals surface area contributed by atoms with Crippen molar-refractivity contribution < 1.29 is 22.7 Å². The third-order valence-corrected chi connectivity index (χ3v) is 4.77. The molecule has 0 aliphatic carbocycles. The molecule has 1 aliphatic heterocycles. The molecule has 1 aromatic rings. The molecule has 1 fully saturated rings. The third kappa shape index (κ3) is 4.33. The van der Waals surface area contributed by atoms with Gasteiger partial charge >= 0.3 is 0 Å². The van der Waals surface area contributed by atoms with Gasteiger partial charge in [-0.05, 0) is 38.1 Å². The zero-order chi connectivity index (χ0) is 16.0. The SMILES string of the molecule is COc1ccc(OC)c(S(=O)(=O)NOCCN2CCCC2)c1. The fourth-order valence-electron chi connectivity index (χ4n) is 2.34. The number of sulfonamides is 1. The van der Waals surface area contributed by atoms with E-state index in [-0.39, 0.29) is 10.6 Å². The molecular formula is C14H22N2O5S. The highest BCUT2D eigenvalue weighted by atomic mass is 32.2. The van der Waals surface area contributed by atoms with E-state index in [9.17, 15) is 8.42 Å². The molecule has 0 radical (unpaired) electrons. The Morgan fingerprint density at radius 3 is 2.55 bits per heavy atom. The molecule has 0 spiro atoms. The van der Waals surface area contributed by atoms with E-state index in [1.54, 1.807) is 6.07 Å². The van der Waals surface area contributed by atoms with Crippen LogP contribution in [0.2, 0.25) is 0 Å². The first-order valence-corrected chi connectivity index (χ1v) is 8.63. The van der Waals surface area contributed by atoms with Crippen LogP contribution in [0, 0.1) is 0 Å². The third-order valence-electron chi connectivity index (χ3n) is 3.54. The second-order valence-electron chi connectivity index (χ2n) is 5.00. The second-order valence-corrected chi connectivity index (χ2v) is 6.61. The van der Waals surface area contributed by atoms with Gasteiger partial charge in [-0.1, -0.05) is 4.89 Å². The van der Waals surface area contributed by atoms with Crippen LogP contribution in [0.4, 0.5) is 0 Å². The smallest absolute Gasteiger partial charge is 0.266 e. The quantitative estimate of drug-likeness (QED) is 0.566.